The van der Waals surface area contributed by atoms with E-state index in [1.807, 2.05) is 18.2 Å². The van der Waals surface area contributed by atoms with Crippen LogP contribution >= 0.6 is 0 Å². The molecule has 2 aromatic carbocycles. The van der Waals surface area contributed by atoms with Crippen LogP contribution in [0.3, 0.4) is 0 Å². The lowest BCUT2D eigenvalue weighted by atomic mass is 10.1. The monoisotopic (exact) mass is 339 g/mol. The van der Waals surface area contributed by atoms with E-state index in [0.717, 1.165) is 30.8 Å². The Morgan fingerprint density at radius 2 is 1.72 bits per heavy atom. The molecule has 1 heterocycles. The van der Waals surface area contributed by atoms with Crippen molar-refractivity contribution in [3.05, 3.63) is 77.1 Å². The first-order valence-electron chi connectivity index (χ1n) is 8.60. The van der Waals surface area contributed by atoms with Gasteiger partial charge in [-0.25, -0.2) is 9.18 Å². The van der Waals surface area contributed by atoms with Gasteiger partial charge in [0.1, 0.15) is 12.4 Å². The van der Waals surface area contributed by atoms with Gasteiger partial charge in [0, 0.05) is 12.6 Å². The van der Waals surface area contributed by atoms with Crippen molar-refractivity contribution in [3.63, 3.8) is 0 Å². The lowest BCUT2D eigenvalue weighted by Crippen LogP contribution is -2.19. The van der Waals surface area contributed by atoms with Gasteiger partial charge in [0.15, 0.2) is 0 Å². The van der Waals surface area contributed by atoms with Crippen molar-refractivity contribution < 1.29 is 13.9 Å². The fourth-order valence-corrected chi connectivity index (χ4v) is 2.97. The zero-order valence-corrected chi connectivity index (χ0v) is 14.2. The maximum Gasteiger partial charge on any atom is 0.331 e. The van der Waals surface area contributed by atoms with Gasteiger partial charge in [0.2, 0.25) is 0 Å². The first-order chi connectivity index (χ1) is 12.2. The van der Waals surface area contributed by atoms with Crippen molar-refractivity contribution in [3.8, 4) is 0 Å². The maximum absolute atomic E-state index is 12.9. The van der Waals surface area contributed by atoms with E-state index in [-0.39, 0.29) is 12.4 Å². The van der Waals surface area contributed by atoms with Crippen LogP contribution in [0.1, 0.15) is 29.5 Å². The molecule has 0 atom stereocenters. The number of esters is 1. The third kappa shape index (κ3) is 5.26. The van der Waals surface area contributed by atoms with Gasteiger partial charge >= 0.3 is 5.97 Å². The Bertz CT molecular complexity index is 734. The Morgan fingerprint density at radius 1 is 1.04 bits per heavy atom. The average molecular weight is 339 g/mol. The van der Waals surface area contributed by atoms with Crippen LogP contribution in [-0.4, -0.2) is 24.0 Å². The molecule has 0 amide bonds. The van der Waals surface area contributed by atoms with E-state index in [9.17, 15) is 9.18 Å². The molecule has 0 bridgehead atoms. The second kappa shape index (κ2) is 8.58. The highest BCUT2D eigenvalue weighted by Crippen LogP contribution is 2.17. The number of rotatable bonds is 6. The zero-order valence-electron chi connectivity index (χ0n) is 14.2. The molecular weight excluding hydrogens is 317 g/mol. The van der Waals surface area contributed by atoms with Crippen LogP contribution in [0.5, 0.6) is 0 Å². The van der Waals surface area contributed by atoms with Crippen LogP contribution in [0.25, 0.3) is 6.08 Å². The number of carbonyl (C=O) groups is 1. The quantitative estimate of drug-likeness (QED) is 0.584. The molecule has 2 aromatic rings. The van der Waals surface area contributed by atoms with E-state index in [2.05, 4.69) is 11.0 Å². The molecule has 4 heteroatoms. The summed E-state index contributed by atoms with van der Waals surface area (Å²) in [6, 6.07) is 14.0. The lowest BCUT2D eigenvalue weighted by Gasteiger charge is -2.17. The molecule has 1 fully saturated rings. The summed E-state index contributed by atoms with van der Waals surface area (Å²) in [6.07, 6.45) is 5.50. The van der Waals surface area contributed by atoms with Gasteiger partial charge in [-0.2, -0.15) is 0 Å². The lowest BCUT2D eigenvalue weighted by molar-refractivity contribution is -0.138. The van der Waals surface area contributed by atoms with Crippen LogP contribution in [0.4, 0.5) is 4.39 Å². The second-order valence-electron chi connectivity index (χ2n) is 6.24. The summed E-state index contributed by atoms with van der Waals surface area (Å²) in [5, 5.41) is 0. The van der Waals surface area contributed by atoms with Gasteiger partial charge in [0.25, 0.3) is 0 Å². The predicted molar refractivity (Wildman–Crippen MR) is 96.2 cm³/mol. The van der Waals surface area contributed by atoms with Crippen LogP contribution in [0.15, 0.2) is 54.6 Å². The predicted octanol–water partition coefficient (Wildman–Crippen LogP) is 4.18. The van der Waals surface area contributed by atoms with E-state index >= 15 is 0 Å². The number of hydrogen-bond donors (Lipinski definition) is 0. The molecule has 0 aliphatic carbocycles. The Balaban J connectivity index is 1.55. The fourth-order valence-electron chi connectivity index (χ4n) is 2.97. The highest BCUT2D eigenvalue weighted by Gasteiger charge is 2.13. The number of carbonyl (C=O) groups excluding carboxylic acids is 1. The molecule has 0 aromatic heterocycles. The van der Waals surface area contributed by atoms with Gasteiger partial charge in [0.05, 0.1) is 0 Å². The number of hydrogen-bond acceptors (Lipinski definition) is 3. The summed E-state index contributed by atoms with van der Waals surface area (Å²) in [5.41, 5.74) is 3.01. The summed E-state index contributed by atoms with van der Waals surface area (Å²) >= 11 is 0. The minimum Gasteiger partial charge on any atom is -0.458 e. The highest BCUT2D eigenvalue weighted by molar-refractivity contribution is 5.87. The fraction of sp³-hybridized carbons (Fsp3) is 0.286. The molecule has 3 rings (SSSR count). The van der Waals surface area contributed by atoms with Gasteiger partial charge in [-0.3, -0.25) is 4.90 Å². The molecule has 0 radical (unpaired) electrons. The molecule has 0 N–H and O–H groups in total. The molecule has 0 saturated carbocycles. The van der Waals surface area contributed by atoms with Crippen LogP contribution in [0, 0.1) is 5.82 Å². The Hall–Kier alpha value is -2.46. The number of halogens is 1. The second-order valence-corrected chi connectivity index (χ2v) is 6.24. The molecule has 3 nitrogen and oxygen atoms in total. The number of nitrogens with zero attached hydrogens (tertiary/aromatic N) is 1. The Kier molecular flexibility index (Phi) is 5.96. The third-order valence-electron chi connectivity index (χ3n) is 4.36. The SMILES string of the molecule is O=C(/C=C/c1ccc(F)cc1)OCc1ccccc1CN1CCCC1. The highest BCUT2D eigenvalue weighted by atomic mass is 19.1. The van der Waals surface area contributed by atoms with Gasteiger partial charge in [-0.15, -0.1) is 0 Å². The number of benzene rings is 2. The molecule has 1 aliphatic rings. The molecule has 130 valence electrons. The topological polar surface area (TPSA) is 29.5 Å². The summed E-state index contributed by atoms with van der Waals surface area (Å²) in [6.45, 7) is 3.43. The average Bonchev–Trinajstić information content (AvgIpc) is 3.13. The van der Waals surface area contributed by atoms with E-state index in [1.165, 1.54) is 36.6 Å². The molecule has 1 aliphatic heterocycles. The van der Waals surface area contributed by atoms with Crippen LogP contribution in [-0.2, 0) is 22.7 Å². The standard InChI is InChI=1S/C21H22FNO2/c22-20-10-7-17(8-11-20)9-12-21(24)25-16-19-6-2-1-5-18(19)15-23-13-3-4-14-23/h1-2,5-12H,3-4,13-16H2/b12-9+. The summed E-state index contributed by atoms with van der Waals surface area (Å²) in [4.78, 5) is 14.3. The maximum atomic E-state index is 12.9. The molecule has 1 saturated heterocycles. The number of likely N-dealkylation sites (tertiary alicyclic amines) is 1. The van der Waals surface area contributed by atoms with Crippen molar-refractivity contribution in [1.29, 1.82) is 0 Å². The van der Waals surface area contributed by atoms with Gasteiger partial charge in [-0.05, 0) is 60.8 Å². The van der Waals surface area contributed by atoms with E-state index in [1.54, 1.807) is 18.2 Å². The van der Waals surface area contributed by atoms with Gasteiger partial charge in [-0.1, -0.05) is 36.4 Å². The summed E-state index contributed by atoms with van der Waals surface area (Å²) in [7, 11) is 0. The Labute approximate surface area is 147 Å². The third-order valence-corrected chi connectivity index (χ3v) is 4.36. The van der Waals surface area contributed by atoms with Crippen molar-refractivity contribution in [2.45, 2.75) is 26.0 Å². The van der Waals surface area contributed by atoms with Crippen molar-refractivity contribution in [1.82, 2.24) is 4.90 Å². The van der Waals surface area contributed by atoms with E-state index in [4.69, 9.17) is 4.74 Å². The van der Waals surface area contributed by atoms with Crippen LogP contribution < -0.4 is 0 Å². The molecular formula is C21H22FNO2. The van der Waals surface area contributed by atoms with Crippen molar-refractivity contribution in [2.24, 2.45) is 0 Å². The molecule has 25 heavy (non-hydrogen) atoms. The van der Waals surface area contributed by atoms with Crippen molar-refractivity contribution in [2.75, 3.05) is 13.1 Å². The zero-order chi connectivity index (χ0) is 17.5. The largest absolute Gasteiger partial charge is 0.458 e. The van der Waals surface area contributed by atoms with E-state index in [0.29, 0.717) is 0 Å². The normalized spacial score (nSPS) is 14.9. The summed E-state index contributed by atoms with van der Waals surface area (Å²) < 4.78 is 18.2. The van der Waals surface area contributed by atoms with E-state index < -0.39 is 5.97 Å². The Morgan fingerprint density at radius 3 is 2.44 bits per heavy atom. The van der Waals surface area contributed by atoms with Crippen molar-refractivity contribution >= 4 is 12.0 Å². The summed E-state index contributed by atoms with van der Waals surface area (Å²) in [5.74, 6) is -0.699. The van der Waals surface area contributed by atoms with Crippen LogP contribution in [0.2, 0.25) is 0 Å². The van der Waals surface area contributed by atoms with Gasteiger partial charge < -0.3 is 4.74 Å². The molecule has 0 spiro atoms. The minimum absolute atomic E-state index is 0.261. The molecule has 0 unspecified atom stereocenters. The number of ether oxygens (including phenoxy) is 1. The smallest absolute Gasteiger partial charge is 0.331 e. The minimum atomic E-state index is -0.402. The first-order valence-corrected chi connectivity index (χ1v) is 8.60. The first kappa shape index (κ1) is 17.4.